The second kappa shape index (κ2) is 12.3. The van der Waals surface area contributed by atoms with E-state index in [0.717, 1.165) is 36.7 Å². The predicted octanol–water partition coefficient (Wildman–Crippen LogP) is 7.70. The summed E-state index contributed by atoms with van der Waals surface area (Å²) in [7, 11) is 0. The fourth-order valence-corrected chi connectivity index (χ4v) is 4.16. The van der Waals surface area contributed by atoms with E-state index < -0.39 is 0 Å². The van der Waals surface area contributed by atoms with Crippen LogP contribution in [0.5, 0.6) is 5.75 Å². The molecule has 0 amide bonds. The van der Waals surface area contributed by atoms with Gasteiger partial charge in [-0.1, -0.05) is 68.9 Å². The van der Waals surface area contributed by atoms with Crippen LogP contribution in [0.1, 0.15) is 81.4 Å². The van der Waals surface area contributed by atoms with Gasteiger partial charge in [-0.05, 0) is 91.8 Å². The van der Waals surface area contributed by atoms with Gasteiger partial charge >= 0.3 is 0 Å². The average Bonchev–Trinajstić information content (AvgIpc) is 2.81. The van der Waals surface area contributed by atoms with Crippen LogP contribution in [0.25, 0.3) is 0 Å². The molecule has 2 aromatic carbocycles. The van der Waals surface area contributed by atoms with E-state index in [4.69, 9.17) is 4.74 Å². The number of aryl methyl sites for hydroxylation is 1. The van der Waals surface area contributed by atoms with Gasteiger partial charge in [-0.15, -0.1) is 0 Å². The first-order valence-corrected chi connectivity index (χ1v) is 11.8. The number of hydrogen-bond donors (Lipinski definition) is 0. The Morgan fingerprint density at radius 3 is 2.30 bits per heavy atom. The summed E-state index contributed by atoms with van der Waals surface area (Å²) in [5, 5.41) is 0. The molecule has 0 atom stereocenters. The fourth-order valence-electron chi connectivity index (χ4n) is 4.16. The highest BCUT2D eigenvalue weighted by molar-refractivity contribution is 5.40. The number of rotatable bonds is 8. The van der Waals surface area contributed by atoms with Gasteiger partial charge in [0.05, 0.1) is 6.61 Å². The zero-order valence-electron chi connectivity index (χ0n) is 18.7. The van der Waals surface area contributed by atoms with Crippen molar-refractivity contribution in [3.8, 4) is 17.6 Å². The van der Waals surface area contributed by atoms with Crippen molar-refractivity contribution in [1.82, 2.24) is 0 Å². The van der Waals surface area contributed by atoms with Gasteiger partial charge in [0.2, 0.25) is 0 Å². The van der Waals surface area contributed by atoms with E-state index in [9.17, 15) is 0 Å². The van der Waals surface area contributed by atoms with Crippen molar-refractivity contribution in [1.29, 1.82) is 0 Å². The van der Waals surface area contributed by atoms with Gasteiger partial charge in [0.25, 0.3) is 0 Å². The smallest absolute Gasteiger partial charge is 0.119 e. The van der Waals surface area contributed by atoms with Crippen molar-refractivity contribution in [2.75, 3.05) is 6.61 Å². The number of benzene rings is 2. The van der Waals surface area contributed by atoms with Gasteiger partial charge in [0, 0.05) is 5.56 Å². The van der Waals surface area contributed by atoms with Gasteiger partial charge in [-0.25, -0.2) is 0 Å². The Morgan fingerprint density at radius 2 is 1.63 bits per heavy atom. The molecule has 0 spiro atoms. The molecule has 1 saturated carbocycles. The molecular weight excluding hydrogens is 364 g/mol. The first-order chi connectivity index (χ1) is 14.8. The van der Waals surface area contributed by atoms with Gasteiger partial charge in [-0.3, -0.25) is 0 Å². The van der Waals surface area contributed by atoms with Crippen LogP contribution < -0.4 is 4.74 Å². The monoisotopic (exact) mass is 400 g/mol. The molecule has 0 radical (unpaired) electrons. The third-order valence-electron chi connectivity index (χ3n) is 6.17. The standard InChI is InChI=1S/C29H36O/c1-3-5-8-23-30-29-21-15-26(16-22-29)10-7-6-9-25-13-19-28(20-14-25)27-17-11-24(4-2)12-18-27/h6,9,11-12,15-18,21-22,25,28H,3-5,8,13-14,19-20,23H2,1-2H3/t25-,28-. The zero-order valence-corrected chi connectivity index (χ0v) is 18.7. The molecule has 158 valence electrons. The maximum absolute atomic E-state index is 5.76. The lowest BCUT2D eigenvalue weighted by molar-refractivity contribution is 0.306. The van der Waals surface area contributed by atoms with Crippen LogP contribution in [0.2, 0.25) is 0 Å². The summed E-state index contributed by atoms with van der Waals surface area (Å²) < 4.78 is 5.76. The minimum atomic E-state index is 0.671. The zero-order chi connectivity index (χ0) is 21.0. The van der Waals surface area contributed by atoms with Crippen LogP contribution in [-0.4, -0.2) is 6.61 Å². The third kappa shape index (κ3) is 7.10. The number of allylic oxidation sites excluding steroid dienone is 2. The second-order valence-corrected chi connectivity index (χ2v) is 8.42. The second-order valence-electron chi connectivity index (χ2n) is 8.42. The third-order valence-corrected chi connectivity index (χ3v) is 6.17. The van der Waals surface area contributed by atoms with E-state index in [0.29, 0.717) is 5.92 Å². The minimum absolute atomic E-state index is 0.671. The van der Waals surface area contributed by atoms with Gasteiger partial charge in [-0.2, -0.15) is 0 Å². The summed E-state index contributed by atoms with van der Waals surface area (Å²) >= 11 is 0. The van der Waals surface area contributed by atoms with E-state index in [-0.39, 0.29) is 0 Å². The maximum atomic E-state index is 5.76. The Bertz CT molecular complexity index is 825. The largest absolute Gasteiger partial charge is 0.494 e. The van der Waals surface area contributed by atoms with E-state index in [1.807, 2.05) is 24.3 Å². The van der Waals surface area contributed by atoms with Crippen LogP contribution in [0.4, 0.5) is 0 Å². The Balaban J connectivity index is 1.41. The van der Waals surface area contributed by atoms with E-state index in [1.165, 1.54) is 49.7 Å². The number of ether oxygens (including phenoxy) is 1. The van der Waals surface area contributed by atoms with Crippen molar-refractivity contribution >= 4 is 0 Å². The fraction of sp³-hybridized carbons (Fsp3) is 0.448. The predicted molar refractivity (Wildman–Crippen MR) is 128 cm³/mol. The summed E-state index contributed by atoms with van der Waals surface area (Å²) in [6.07, 6.45) is 14.2. The summed E-state index contributed by atoms with van der Waals surface area (Å²) in [5.74, 6) is 8.79. The van der Waals surface area contributed by atoms with Gasteiger partial charge < -0.3 is 4.74 Å². The quantitative estimate of drug-likeness (QED) is 0.326. The van der Waals surface area contributed by atoms with Crippen LogP contribution in [0, 0.1) is 17.8 Å². The van der Waals surface area contributed by atoms with Crippen LogP contribution in [0.15, 0.2) is 60.7 Å². The number of unbranched alkanes of at least 4 members (excludes halogenated alkanes) is 2. The summed E-state index contributed by atoms with van der Waals surface area (Å²) in [6, 6.07) is 17.4. The lowest BCUT2D eigenvalue weighted by Crippen LogP contribution is -2.11. The molecule has 0 bridgehead atoms. The first kappa shape index (κ1) is 22.2. The molecular formula is C29H36O. The molecule has 0 heterocycles. The summed E-state index contributed by atoms with van der Waals surface area (Å²) in [6.45, 7) is 5.22. The lowest BCUT2D eigenvalue weighted by atomic mass is 9.78. The van der Waals surface area contributed by atoms with Crippen LogP contribution in [-0.2, 0) is 6.42 Å². The minimum Gasteiger partial charge on any atom is -0.494 e. The Kier molecular flexibility index (Phi) is 9.10. The molecule has 1 fully saturated rings. The van der Waals surface area contributed by atoms with Crippen LogP contribution >= 0.6 is 0 Å². The molecule has 0 aromatic heterocycles. The normalized spacial score (nSPS) is 18.7. The van der Waals surface area contributed by atoms with E-state index >= 15 is 0 Å². The molecule has 0 unspecified atom stereocenters. The number of hydrogen-bond acceptors (Lipinski definition) is 1. The highest BCUT2D eigenvalue weighted by Gasteiger charge is 2.20. The SMILES string of the molecule is CCCCCOc1ccc(C#CC=C[C@H]2CC[C@H](c3ccc(CC)cc3)CC2)cc1. The molecule has 3 rings (SSSR count). The van der Waals surface area contributed by atoms with Gasteiger partial charge in [0.15, 0.2) is 0 Å². The van der Waals surface area contributed by atoms with Crippen molar-refractivity contribution in [2.24, 2.45) is 5.92 Å². The molecule has 2 aromatic rings. The molecule has 1 nitrogen and oxygen atoms in total. The summed E-state index contributed by atoms with van der Waals surface area (Å²) in [4.78, 5) is 0. The van der Waals surface area contributed by atoms with Crippen LogP contribution in [0.3, 0.4) is 0 Å². The Morgan fingerprint density at radius 1 is 0.900 bits per heavy atom. The molecule has 0 aliphatic heterocycles. The van der Waals surface area contributed by atoms with E-state index in [1.54, 1.807) is 0 Å². The first-order valence-electron chi connectivity index (χ1n) is 11.8. The maximum Gasteiger partial charge on any atom is 0.119 e. The topological polar surface area (TPSA) is 9.23 Å². The molecule has 1 aliphatic rings. The van der Waals surface area contributed by atoms with E-state index in [2.05, 4.69) is 62.1 Å². The molecule has 30 heavy (non-hydrogen) atoms. The Labute approximate surface area is 183 Å². The average molecular weight is 401 g/mol. The van der Waals surface area contributed by atoms with Crippen molar-refractivity contribution in [3.05, 3.63) is 77.4 Å². The van der Waals surface area contributed by atoms with Crippen molar-refractivity contribution < 1.29 is 4.74 Å². The summed E-state index contributed by atoms with van der Waals surface area (Å²) in [5.41, 5.74) is 4.00. The Hall–Kier alpha value is -2.46. The molecule has 0 saturated heterocycles. The van der Waals surface area contributed by atoms with Gasteiger partial charge in [0.1, 0.15) is 5.75 Å². The highest BCUT2D eigenvalue weighted by atomic mass is 16.5. The molecule has 0 N–H and O–H groups in total. The van der Waals surface area contributed by atoms with Crippen molar-refractivity contribution in [3.63, 3.8) is 0 Å². The molecule has 1 aliphatic carbocycles. The lowest BCUT2D eigenvalue weighted by Gasteiger charge is -2.27. The highest BCUT2D eigenvalue weighted by Crippen LogP contribution is 2.36. The van der Waals surface area contributed by atoms with Crippen molar-refractivity contribution in [2.45, 2.75) is 71.1 Å². The molecule has 1 heteroatoms.